The molecule has 0 saturated carbocycles. The molecular weight excluding hydrogens is 749 g/mol. The van der Waals surface area contributed by atoms with E-state index >= 15 is 0 Å². The van der Waals surface area contributed by atoms with Crippen LogP contribution in [0.15, 0.2) is 60.8 Å². The molecule has 57 heavy (non-hydrogen) atoms. The van der Waals surface area contributed by atoms with Crippen molar-refractivity contribution < 1.29 is 52.6 Å². The summed E-state index contributed by atoms with van der Waals surface area (Å²) in [5, 5.41) is 18.6. The first-order chi connectivity index (χ1) is 27.5. The van der Waals surface area contributed by atoms with Crippen LogP contribution in [0.1, 0.15) is 162 Å². The van der Waals surface area contributed by atoms with Crippen molar-refractivity contribution in [3.63, 3.8) is 0 Å². The third kappa shape index (κ3) is 38.4. The molecule has 5 N–H and O–H groups in total. The fraction of sp³-hybridized carbons (Fsp3) is 0.705. The minimum absolute atomic E-state index is 0.0666. The molecule has 0 aromatic heterocycles. The molecule has 12 nitrogen and oxygen atoms in total. The van der Waals surface area contributed by atoms with Crippen LogP contribution in [0, 0.1) is 0 Å². The predicted molar refractivity (Wildman–Crippen MR) is 227 cm³/mol. The van der Waals surface area contributed by atoms with E-state index in [9.17, 15) is 28.9 Å². The van der Waals surface area contributed by atoms with Gasteiger partial charge >= 0.3 is 25.7 Å². The second-order valence-corrected chi connectivity index (χ2v) is 15.8. The van der Waals surface area contributed by atoms with E-state index in [1.54, 1.807) is 0 Å². The lowest BCUT2D eigenvalue weighted by molar-refractivity contribution is -0.161. The number of hydrogen-bond donors (Lipinski definition) is 4. The Kier molecular flexibility index (Phi) is 36.7. The van der Waals surface area contributed by atoms with Gasteiger partial charge in [-0.25, -0.2) is 4.57 Å². The summed E-state index contributed by atoms with van der Waals surface area (Å²) < 4.78 is 32.6. The standard InChI is InChI=1S/C44H76NO11P/c1-3-5-6-7-8-9-10-11-12-15-18-21-24-27-30-34-42(47)53-36-40(37-54-57(51,52)55-38-41(45)44(49)50)56-43(48)35-31-28-25-22-19-16-13-14-17-20-23-26-29-33-39(46)32-4-2/h11-13,16-17,20,22,25-26,29,39-41,46H,3-10,14-15,18-19,21,23-24,27-28,30-38,45H2,1-2H3,(H,49,50)(H,51,52)/b12-11-,16-13-,20-17-,25-22-,29-26-/t39?,40-,41+/m1/s1. The first kappa shape index (κ1) is 54.1. The minimum Gasteiger partial charge on any atom is -0.480 e. The molecule has 328 valence electrons. The predicted octanol–water partition coefficient (Wildman–Crippen LogP) is 10.1. The molecule has 0 radical (unpaired) electrons. The second kappa shape index (κ2) is 38.6. The van der Waals surface area contributed by atoms with Crippen LogP contribution in [0.5, 0.6) is 0 Å². The largest absolute Gasteiger partial charge is 0.480 e. The Morgan fingerprint density at radius 3 is 1.70 bits per heavy atom. The molecule has 0 aliphatic rings. The maximum Gasteiger partial charge on any atom is 0.472 e. The number of carbonyl (C=O) groups excluding carboxylic acids is 2. The number of phosphoric acid groups is 1. The van der Waals surface area contributed by atoms with Crippen molar-refractivity contribution in [3.8, 4) is 0 Å². The lowest BCUT2D eigenvalue weighted by atomic mass is 10.1. The number of aliphatic hydroxyl groups is 1. The van der Waals surface area contributed by atoms with Crippen LogP contribution in [0.4, 0.5) is 0 Å². The monoisotopic (exact) mass is 826 g/mol. The molecule has 0 amide bonds. The number of carboxylic acids is 1. The zero-order valence-electron chi connectivity index (χ0n) is 35.0. The Bertz CT molecular complexity index is 1220. The Morgan fingerprint density at radius 1 is 0.614 bits per heavy atom. The van der Waals surface area contributed by atoms with E-state index < -0.39 is 51.1 Å². The molecule has 0 saturated heterocycles. The average Bonchev–Trinajstić information content (AvgIpc) is 3.18. The first-order valence-corrected chi connectivity index (χ1v) is 22.9. The van der Waals surface area contributed by atoms with Crippen molar-refractivity contribution in [1.82, 2.24) is 0 Å². The van der Waals surface area contributed by atoms with E-state index in [1.165, 1.54) is 38.5 Å². The van der Waals surface area contributed by atoms with Gasteiger partial charge in [0.05, 0.1) is 19.3 Å². The van der Waals surface area contributed by atoms with Gasteiger partial charge in [0.1, 0.15) is 12.6 Å². The molecule has 0 aliphatic carbocycles. The molecule has 0 rings (SSSR count). The highest BCUT2D eigenvalue weighted by molar-refractivity contribution is 7.47. The number of carboxylic acid groups (broad SMARTS) is 1. The van der Waals surface area contributed by atoms with Gasteiger partial charge in [0.15, 0.2) is 6.10 Å². The molecule has 0 bridgehead atoms. The number of carbonyl (C=O) groups is 3. The zero-order valence-corrected chi connectivity index (χ0v) is 35.9. The van der Waals surface area contributed by atoms with Crippen molar-refractivity contribution in [3.05, 3.63) is 60.8 Å². The summed E-state index contributed by atoms with van der Waals surface area (Å²) in [5.74, 6) is -2.49. The van der Waals surface area contributed by atoms with Crippen molar-refractivity contribution in [2.24, 2.45) is 5.73 Å². The number of aliphatic carboxylic acids is 1. The fourth-order valence-electron chi connectivity index (χ4n) is 5.42. The van der Waals surface area contributed by atoms with Crippen LogP contribution in [0.3, 0.4) is 0 Å². The van der Waals surface area contributed by atoms with Gasteiger partial charge in [0, 0.05) is 12.8 Å². The van der Waals surface area contributed by atoms with E-state index in [4.69, 9.17) is 24.8 Å². The Morgan fingerprint density at radius 2 is 1.11 bits per heavy atom. The van der Waals surface area contributed by atoms with E-state index in [1.807, 2.05) is 18.2 Å². The molecule has 0 heterocycles. The molecule has 0 aromatic rings. The fourth-order valence-corrected chi connectivity index (χ4v) is 6.20. The lowest BCUT2D eigenvalue weighted by Gasteiger charge is -2.20. The summed E-state index contributed by atoms with van der Waals surface area (Å²) in [7, 11) is -4.74. The summed E-state index contributed by atoms with van der Waals surface area (Å²) in [6, 6.07) is -1.54. The van der Waals surface area contributed by atoms with Crippen molar-refractivity contribution in [2.45, 2.75) is 180 Å². The molecule has 2 unspecified atom stereocenters. The van der Waals surface area contributed by atoms with Gasteiger partial charge in [-0.1, -0.05) is 132 Å². The van der Waals surface area contributed by atoms with Crippen LogP contribution in [-0.2, 0) is 37.5 Å². The molecule has 0 spiro atoms. The molecule has 0 aliphatic heterocycles. The molecule has 13 heteroatoms. The van der Waals surface area contributed by atoms with E-state index in [2.05, 4.69) is 60.9 Å². The van der Waals surface area contributed by atoms with Crippen LogP contribution in [0.25, 0.3) is 0 Å². The van der Waals surface area contributed by atoms with Gasteiger partial charge in [-0.05, 0) is 77.0 Å². The summed E-state index contributed by atoms with van der Waals surface area (Å²) in [6.45, 7) is 2.51. The van der Waals surface area contributed by atoms with Gasteiger partial charge in [0.25, 0.3) is 0 Å². The zero-order chi connectivity index (χ0) is 42.2. The maximum absolute atomic E-state index is 12.6. The van der Waals surface area contributed by atoms with Crippen molar-refractivity contribution in [2.75, 3.05) is 19.8 Å². The van der Waals surface area contributed by atoms with Gasteiger partial charge in [-0.3, -0.25) is 23.4 Å². The Labute approximate surface area is 343 Å². The third-order valence-corrected chi connectivity index (χ3v) is 9.74. The highest BCUT2D eigenvalue weighted by Gasteiger charge is 2.28. The number of nitrogens with two attached hydrogens (primary N) is 1. The summed E-state index contributed by atoms with van der Waals surface area (Å²) in [6.07, 6.45) is 40.7. The molecule has 0 fully saturated rings. The van der Waals surface area contributed by atoms with Gasteiger partial charge in [-0.2, -0.15) is 0 Å². The third-order valence-electron chi connectivity index (χ3n) is 8.79. The SMILES string of the molecule is CCCCCCCC/C=C\CCCCCCCC(=O)OC[C@H](COP(=O)(O)OC[C@H](N)C(=O)O)OC(=O)CCC/C=C\C/C=C\C/C=C\C/C=C\CC(O)CCC. The van der Waals surface area contributed by atoms with E-state index in [0.29, 0.717) is 25.7 Å². The Balaban J connectivity index is 4.52. The second-order valence-electron chi connectivity index (χ2n) is 14.3. The quantitative estimate of drug-likeness (QED) is 0.0199. The lowest BCUT2D eigenvalue weighted by Crippen LogP contribution is -2.34. The number of aliphatic hydroxyl groups excluding tert-OH is 1. The van der Waals surface area contributed by atoms with E-state index in [-0.39, 0.29) is 25.6 Å². The van der Waals surface area contributed by atoms with Crippen molar-refractivity contribution in [1.29, 1.82) is 0 Å². The smallest absolute Gasteiger partial charge is 0.472 e. The van der Waals surface area contributed by atoms with E-state index in [0.717, 1.165) is 70.6 Å². The van der Waals surface area contributed by atoms with Crippen LogP contribution in [0.2, 0.25) is 0 Å². The minimum atomic E-state index is -4.74. The number of unbranched alkanes of at least 4 members (excludes halogenated alkanes) is 12. The highest BCUT2D eigenvalue weighted by Crippen LogP contribution is 2.43. The first-order valence-electron chi connectivity index (χ1n) is 21.4. The van der Waals surface area contributed by atoms with Crippen LogP contribution < -0.4 is 5.73 Å². The summed E-state index contributed by atoms with van der Waals surface area (Å²) in [4.78, 5) is 45.9. The normalized spacial score (nSPS) is 14.9. The number of phosphoric ester groups is 1. The summed E-state index contributed by atoms with van der Waals surface area (Å²) in [5.41, 5.74) is 5.32. The van der Waals surface area contributed by atoms with Crippen LogP contribution in [-0.4, -0.2) is 71.1 Å². The number of ether oxygens (including phenoxy) is 2. The van der Waals surface area contributed by atoms with Crippen LogP contribution >= 0.6 is 7.82 Å². The van der Waals surface area contributed by atoms with Gasteiger partial charge in [0.2, 0.25) is 0 Å². The maximum atomic E-state index is 12.6. The molecular formula is C44H76NO11P. The number of hydrogen-bond acceptors (Lipinski definition) is 10. The average molecular weight is 826 g/mol. The van der Waals surface area contributed by atoms with Gasteiger partial charge < -0.3 is 30.3 Å². The van der Waals surface area contributed by atoms with Crippen molar-refractivity contribution >= 4 is 25.7 Å². The highest BCUT2D eigenvalue weighted by atomic mass is 31.2. The summed E-state index contributed by atoms with van der Waals surface area (Å²) >= 11 is 0. The number of allylic oxidation sites excluding steroid dienone is 9. The topological polar surface area (TPSA) is 192 Å². The molecule has 0 aromatic carbocycles. The Hall–Kier alpha value is -2.86. The number of rotatable bonds is 39. The number of esters is 2. The van der Waals surface area contributed by atoms with Gasteiger partial charge in [-0.15, -0.1) is 0 Å². The molecule has 4 atom stereocenters.